The lowest BCUT2D eigenvalue weighted by Gasteiger charge is -2.13. The Kier molecular flexibility index (Phi) is 5.07. The molecular weight excluding hydrogens is 190 g/mol. The van der Waals surface area contributed by atoms with Crippen LogP contribution in [0.2, 0.25) is 0 Å². The molecular formula is C11H19N3O. The highest BCUT2D eigenvalue weighted by atomic mass is 16.5. The third kappa shape index (κ3) is 3.85. The van der Waals surface area contributed by atoms with E-state index in [2.05, 4.69) is 17.2 Å². The Morgan fingerprint density at radius 1 is 1.60 bits per heavy atom. The van der Waals surface area contributed by atoms with E-state index in [9.17, 15) is 0 Å². The van der Waals surface area contributed by atoms with Gasteiger partial charge in [0.05, 0.1) is 7.11 Å². The number of nitrogens with zero attached hydrogens (tertiary/aromatic N) is 1. The lowest BCUT2D eigenvalue weighted by molar-refractivity contribution is 0.388. The summed E-state index contributed by atoms with van der Waals surface area (Å²) in [6.45, 7) is 3.59. The molecule has 0 aromatic carbocycles. The van der Waals surface area contributed by atoms with Crippen molar-refractivity contribution in [3.05, 3.63) is 23.9 Å². The molecule has 0 spiro atoms. The maximum atomic E-state index is 5.48. The molecule has 1 heterocycles. The number of hydrogen-bond acceptors (Lipinski definition) is 4. The van der Waals surface area contributed by atoms with Crippen LogP contribution in [0.3, 0.4) is 0 Å². The Labute approximate surface area is 90.8 Å². The minimum atomic E-state index is 0.417. The van der Waals surface area contributed by atoms with E-state index >= 15 is 0 Å². The quantitative estimate of drug-likeness (QED) is 0.731. The summed E-state index contributed by atoms with van der Waals surface area (Å²) in [7, 11) is 1.63. The zero-order valence-electron chi connectivity index (χ0n) is 9.36. The molecule has 0 amide bonds. The molecule has 0 saturated heterocycles. The lowest BCUT2D eigenvalue weighted by Crippen LogP contribution is -2.28. The van der Waals surface area contributed by atoms with Gasteiger partial charge in [-0.2, -0.15) is 0 Å². The van der Waals surface area contributed by atoms with Gasteiger partial charge in [-0.05, 0) is 26.0 Å². The molecule has 1 rings (SSSR count). The van der Waals surface area contributed by atoms with Crippen molar-refractivity contribution < 1.29 is 4.74 Å². The van der Waals surface area contributed by atoms with Gasteiger partial charge in [0, 0.05) is 24.3 Å². The van der Waals surface area contributed by atoms with E-state index in [1.165, 1.54) is 0 Å². The fourth-order valence-corrected chi connectivity index (χ4v) is 1.38. The smallest absolute Gasteiger partial charge is 0.217 e. The number of ether oxygens (including phenoxy) is 1. The van der Waals surface area contributed by atoms with Gasteiger partial charge < -0.3 is 15.8 Å². The van der Waals surface area contributed by atoms with Crippen LogP contribution in [0.4, 0.5) is 0 Å². The van der Waals surface area contributed by atoms with Gasteiger partial charge >= 0.3 is 0 Å². The molecule has 1 aromatic rings. The first-order chi connectivity index (χ1) is 7.27. The number of hydrogen-bond donors (Lipinski definition) is 2. The summed E-state index contributed by atoms with van der Waals surface area (Å²) in [6.07, 6.45) is 2.70. The lowest BCUT2D eigenvalue weighted by atomic mass is 10.2. The van der Waals surface area contributed by atoms with Crippen LogP contribution in [0.15, 0.2) is 18.3 Å². The van der Waals surface area contributed by atoms with Crippen molar-refractivity contribution in [1.82, 2.24) is 10.3 Å². The average Bonchev–Trinajstić information content (AvgIpc) is 2.27. The van der Waals surface area contributed by atoms with Gasteiger partial charge in [-0.1, -0.05) is 6.07 Å². The van der Waals surface area contributed by atoms with E-state index in [1.807, 2.05) is 12.1 Å². The second-order valence-corrected chi connectivity index (χ2v) is 3.53. The zero-order chi connectivity index (χ0) is 11.1. The number of methoxy groups -OCH3 is 1. The molecule has 0 aliphatic carbocycles. The molecule has 3 N–H and O–H groups in total. The summed E-state index contributed by atoms with van der Waals surface area (Å²) in [6, 6.07) is 4.33. The van der Waals surface area contributed by atoms with Crippen LogP contribution in [0.1, 0.15) is 18.9 Å². The van der Waals surface area contributed by atoms with Crippen molar-refractivity contribution in [2.24, 2.45) is 5.73 Å². The Hall–Kier alpha value is -1.13. The first-order valence-corrected chi connectivity index (χ1v) is 5.19. The van der Waals surface area contributed by atoms with Gasteiger partial charge in [-0.25, -0.2) is 4.98 Å². The Bertz CT molecular complexity index is 291. The predicted octanol–water partition coefficient (Wildman–Crippen LogP) is 0.917. The summed E-state index contributed by atoms with van der Waals surface area (Å²) >= 11 is 0. The summed E-state index contributed by atoms with van der Waals surface area (Å²) in [4.78, 5) is 4.13. The predicted molar refractivity (Wildman–Crippen MR) is 60.8 cm³/mol. The highest BCUT2D eigenvalue weighted by molar-refractivity contribution is 5.25. The molecule has 84 valence electrons. The number of nitrogens with two attached hydrogens (primary N) is 1. The molecule has 0 bridgehead atoms. The minimum absolute atomic E-state index is 0.417. The van der Waals surface area contributed by atoms with Crippen LogP contribution in [-0.4, -0.2) is 24.7 Å². The van der Waals surface area contributed by atoms with E-state index in [0.29, 0.717) is 18.5 Å². The van der Waals surface area contributed by atoms with Crippen LogP contribution in [-0.2, 0) is 6.54 Å². The molecule has 15 heavy (non-hydrogen) atoms. The maximum absolute atomic E-state index is 5.48. The molecule has 0 saturated carbocycles. The van der Waals surface area contributed by atoms with Crippen molar-refractivity contribution >= 4 is 0 Å². The van der Waals surface area contributed by atoms with E-state index in [-0.39, 0.29) is 0 Å². The average molecular weight is 209 g/mol. The SMILES string of the molecule is COc1ncccc1CNC(C)CCN. The van der Waals surface area contributed by atoms with E-state index in [1.54, 1.807) is 13.3 Å². The molecule has 4 nitrogen and oxygen atoms in total. The van der Waals surface area contributed by atoms with Crippen molar-refractivity contribution in [1.29, 1.82) is 0 Å². The minimum Gasteiger partial charge on any atom is -0.481 e. The number of aromatic nitrogens is 1. The van der Waals surface area contributed by atoms with Crippen LogP contribution in [0, 0.1) is 0 Å². The molecule has 0 aliphatic rings. The third-order valence-corrected chi connectivity index (χ3v) is 2.28. The van der Waals surface area contributed by atoms with E-state index < -0.39 is 0 Å². The topological polar surface area (TPSA) is 60.2 Å². The van der Waals surface area contributed by atoms with Gasteiger partial charge in [0.25, 0.3) is 0 Å². The molecule has 4 heteroatoms. The maximum Gasteiger partial charge on any atom is 0.217 e. The Balaban J connectivity index is 2.49. The Morgan fingerprint density at radius 3 is 3.07 bits per heavy atom. The number of rotatable bonds is 6. The van der Waals surface area contributed by atoms with Crippen LogP contribution >= 0.6 is 0 Å². The first-order valence-electron chi connectivity index (χ1n) is 5.19. The van der Waals surface area contributed by atoms with E-state index in [0.717, 1.165) is 18.5 Å². The van der Waals surface area contributed by atoms with Gasteiger partial charge in [-0.15, -0.1) is 0 Å². The highest BCUT2D eigenvalue weighted by Crippen LogP contribution is 2.13. The molecule has 1 aromatic heterocycles. The summed E-state index contributed by atoms with van der Waals surface area (Å²) < 4.78 is 5.16. The second kappa shape index (κ2) is 6.37. The zero-order valence-corrected chi connectivity index (χ0v) is 9.36. The van der Waals surface area contributed by atoms with Gasteiger partial charge in [0.15, 0.2) is 0 Å². The first kappa shape index (κ1) is 11.9. The van der Waals surface area contributed by atoms with Crippen molar-refractivity contribution in [2.45, 2.75) is 25.9 Å². The fourth-order valence-electron chi connectivity index (χ4n) is 1.38. The molecule has 1 atom stereocenters. The summed E-state index contributed by atoms with van der Waals surface area (Å²) in [5.74, 6) is 0.685. The highest BCUT2D eigenvalue weighted by Gasteiger charge is 2.04. The third-order valence-electron chi connectivity index (χ3n) is 2.28. The Morgan fingerprint density at radius 2 is 2.40 bits per heavy atom. The van der Waals surface area contributed by atoms with Crippen molar-refractivity contribution in [3.8, 4) is 5.88 Å². The van der Waals surface area contributed by atoms with Crippen LogP contribution < -0.4 is 15.8 Å². The monoisotopic (exact) mass is 209 g/mol. The fraction of sp³-hybridized carbons (Fsp3) is 0.545. The normalized spacial score (nSPS) is 12.5. The molecule has 0 radical (unpaired) electrons. The van der Waals surface area contributed by atoms with Crippen LogP contribution in [0.5, 0.6) is 5.88 Å². The summed E-state index contributed by atoms with van der Waals surface area (Å²) in [5, 5.41) is 3.37. The summed E-state index contributed by atoms with van der Waals surface area (Å²) in [5.41, 5.74) is 6.55. The molecule has 0 fully saturated rings. The number of pyridine rings is 1. The van der Waals surface area contributed by atoms with E-state index in [4.69, 9.17) is 10.5 Å². The van der Waals surface area contributed by atoms with Gasteiger partial charge in [0.2, 0.25) is 5.88 Å². The number of nitrogens with one attached hydrogen (secondary N) is 1. The second-order valence-electron chi connectivity index (χ2n) is 3.53. The van der Waals surface area contributed by atoms with Crippen molar-refractivity contribution in [2.75, 3.05) is 13.7 Å². The van der Waals surface area contributed by atoms with Crippen molar-refractivity contribution in [3.63, 3.8) is 0 Å². The van der Waals surface area contributed by atoms with Gasteiger partial charge in [-0.3, -0.25) is 0 Å². The van der Waals surface area contributed by atoms with Gasteiger partial charge in [0.1, 0.15) is 0 Å². The van der Waals surface area contributed by atoms with Crippen LogP contribution in [0.25, 0.3) is 0 Å². The largest absolute Gasteiger partial charge is 0.481 e. The molecule has 1 unspecified atom stereocenters. The standard InChI is InChI=1S/C11H19N3O/c1-9(5-6-12)14-8-10-4-3-7-13-11(10)15-2/h3-4,7,9,14H,5-6,8,12H2,1-2H3. The molecule has 0 aliphatic heterocycles.